The highest BCUT2D eigenvalue weighted by atomic mass is 35.5. The van der Waals surface area contributed by atoms with Crippen molar-refractivity contribution in [1.82, 2.24) is 21.3 Å². The molecule has 9 nitrogen and oxygen atoms in total. The van der Waals surface area contributed by atoms with Gasteiger partial charge in [0.2, 0.25) is 0 Å². The zero-order chi connectivity index (χ0) is 27.4. The first-order valence-corrected chi connectivity index (χ1v) is 11.6. The quantitative estimate of drug-likeness (QED) is 0.325. The maximum Gasteiger partial charge on any atom is 0.416 e. The smallest absolute Gasteiger partial charge is 0.416 e. The Morgan fingerprint density at radius 1 is 1.13 bits per heavy atom. The number of nitrogens with zero attached hydrogens (tertiary/aromatic N) is 2. The van der Waals surface area contributed by atoms with Crippen LogP contribution in [-0.2, 0) is 12.7 Å². The number of hydrogen-bond acceptors (Lipinski definition) is 8. The van der Waals surface area contributed by atoms with E-state index in [4.69, 9.17) is 21.1 Å². The molecule has 0 fully saturated rings. The van der Waals surface area contributed by atoms with Crippen molar-refractivity contribution >= 4 is 34.6 Å². The zero-order valence-electron chi connectivity index (χ0n) is 20.5. The fraction of sp³-hybridized carbons (Fsp3) is 0.200. The molecule has 1 aromatic heterocycles. The number of pyridine rings is 1. The third-order valence-electron chi connectivity index (χ3n) is 5.61. The van der Waals surface area contributed by atoms with Crippen molar-refractivity contribution < 1.29 is 27.4 Å². The van der Waals surface area contributed by atoms with Gasteiger partial charge in [0.05, 0.1) is 48.1 Å². The number of nitrogens with one attached hydrogen (secondary N) is 4. The first-order chi connectivity index (χ1) is 18.1. The summed E-state index contributed by atoms with van der Waals surface area (Å²) in [6.07, 6.45) is 0.310. The molecule has 1 aliphatic heterocycles. The van der Waals surface area contributed by atoms with E-state index in [-0.39, 0.29) is 29.1 Å². The van der Waals surface area contributed by atoms with Crippen LogP contribution in [0.1, 0.15) is 27.0 Å². The van der Waals surface area contributed by atoms with E-state index < -0.39 is 17.6 Å². The topological polar surface area (TPSA) is 99.8 Å². The number of anilines is 2. The number of halogens is 4. The first-order valence-electron chi connectivity index (χ1n) is 11.2. The minimum Gasteiger partial charge on any atom is -0.495 e. The van der Waals surface area contributed by atoms with Gasteiger partial charge in [0.1, 0.15) is 11.5 Å². The average molecular weight is 549 g/mol. The monoisotopic (exact) mass is 548 g/mol. The number of benzene rings is 2. The molecule has 0 bridgehead atoms. The minimum atomic E-state index is -4.61. The summed E-state index contributed by atoms with van der Waals surface area (Å²) in [7, 11) is 4.46. The highest BCUT2D eigenvalue weighted by Crippen LogP contribution is 2.38. The van der Waals surface area contributed by atoms with Gasteiger partial charge in [0, 0.05) is 35.6 Å². The van der Waals surface area contributed by atoms with Crippen molar-refractivity contribution in [3.63, 3.8) is 0 Å². The first kappa shape index (κ1) is 27.0. The van der Waals surface area contributed by atoms with Crippen molar-refractivity contribution in [3.8, 4) is 11.5 Å². The van der Waals surface area contributed by atoms with Crippen LogP contribution in [0.3, 0.4) is 0 Å². The fourth-order valence-electron chi connectivity index (χ4n) is 3.81. The second kappa shape index (κ2) is 11.2. The zero-order valence-corrected chi connectivity index (χ0v) is 21.3. The normalized spacial score (nSPS) is 13.1. The molecule has 0 atom stereocenters. The molecule has 13 heteroatoms. The molecule has 2 heterocycles. The van der Waals surface area contributed by atoms with Gasteiger partial charge in [-0.25, -0.2) is 0 Å². The fourth-order valence-corrected chi connectivity index (χ4v) is 4.02. The highest BCUT2D eigenvalue weighted by molar-refractivity contribution is 6.33. The van der Waals surface area contributed by atoms with Crippen molar-refractivity contribution in [2.75, 3.05) is 31.6 Å². The predicted octanol–water partition coefficient (Wildman–Crippen LogP) is 4.57. The molecule has 1 aliphatic rings. The van der Waals surface area contributed by atoms with Gasteiger partial charge >= 0.3 is 6.18 Å². The van der Waals surface area contributed by atoms with Gasteiger partial charge in [-0.15, -0.1) is 5.53 Å². The Hall–Kier alpha value is -4.00. The highest BCUT2D eigenvalue weighted by Gasteiger charge is 2.33. The number of methoxy groups -OCH3 is 2. The largest absolute Gasteiger partial charge is 0.495 e. The van der Waals surface area contributed by atoms with Gasteiger partial charge in [-0.1, -0.05) is 11.6 Å². The van der Waals surface area contributed by atoms with Gasteiger partial charge in [0.25, 0.3) is 5.91 Å². The Morgan fingerprint density at radius 2 is 1.92 bits per heavy atom. The molecule has 1 amide bonds. The summed E-state index contributed by atoms with van der Waals surface area (Å²) in [6.45, 7) is 0.103. The van der Waals surface area contributed by atoms with Crippen LogP contribution in [0.15, 0.2) is 55.0 Å². The van der Waals surface area contributed by atoms with Crippen LogP contribution in [0.25, 0.3) is 5.70 Å². The van der Waals surface area contributed by atoms with E-state index in [2.05, 4.69) is 26.6 Å². The number of carbonyl (C=O) groups excluding carboxylic acids is 1. The molecule has 4 N–H and O–H groups in total. The van der Waals surface area contributed by atoms with E-state index in [0.29, 0.717) is 22.2 Å². The van der Waals surface area contributed by atoms with Crippen LogP contribution in [0, 0.1) is 0 Å². The lowest BCUT2D eigenvalue weighted by atomic mass is 10.1. The maximum absolute atomic E-state index is 13.5. The number of alkyl halides is 3. The average Bonchev–Trinajstić information content (AvgIpc) is 3.38. The van der Waals surface area contributed by atoms with Crippen LogP contribution >= 0.6 is 11.6 Å². The summed E-state index contributed by atoms with van der Waals surface area (Å²) < 4.78 is 51.1. The maximum atomic E-state index is 13.5. The Kier molecular flexibility index (Phi) is 7.95. The van der Waals surface area contributed by atoms with Crippen molar-refractivity contribution in [2.24, 2.45) is 0 Å². The molecule has 0 spiro atoms. The lowest BCUT2D eigenvalue weighted by Crippen LogP contribution is -2.36. The molecule has 0 saturated heterocycles. The third-order valence-corrected chi connectivity index (χ3v) is 5.93. The number of carbonyl (C=O) groups is 1. The molecule has 3 aromatic rings. The summed E-state index contributed by atoms with van der Waals surface area (Å²) in [4.78, 5) is 17.3. The third kappa shape index (κ3) is 5.77. The molecular formula is C25H24ClF3N6O3. The Bertz CT molecular complexity index is 1380. The second-order valence-electron chi connectivity index (χ2n) is 8.13. The molecule has 4 rings (SSSR count). The summed E-state index contributed by atoms with van der Waals surface area (Å²) in [5.41, 5.74) is 7.13. The van der Waals surface area contributed by atoms with E-state index in [1.165, 1.54) is 32.4 Å². The second-order valence-corrected chi connectivity index (χ2v) is 8.53. The van der Waals surface area contributed by atoms with Gasteiger partial charge in [-0.05, 0) is 43.4 Å². The Labute approximate surface area is 221 Å². The van der Waals surface area contributed by atoms with E-state index >= 15 is 0 Å². The lowest BCUT2D eigenvalue weighted by molar-refractivity contribution is -0.137. The number of aromatic nitrogens is 1. The molecule has 0 radical (unpaired) electrons. The number of rotatable bonds is 8. The standard InChI is InChI=1S/C25H24ClF3N6O3/c1-30-10-16-6-17(25(27,28)29)9-20(23(16)38-3)32-24(36)14-4-5-19(26)22(8-14)35-13-21(33-34-35)15-7-18(37-2)12-31-11-15/h4-9,11-13,30,33-34H,10H2,1-3H3,(H,32,36). The SMILES string of the molecule is CNCc1cc(C(F)(F)F)cc(NC(=O)c2ccc(Cl)c(N3C=C(c4cncc(OC)c4)NN3)c2)c1OC. The van der Waals surface area contributed by atoms with E-state index in [9.17, 15) is 18.0 Å². The summed E-state index contributed by atoms with van der Waals surface area (Å²) in [5, 5.41) is 7.24. The minimum absolute atomic E-state index is 0.103. The van der Waals surface area contributed by atoms with E-state index in [1.807, 2.05) is 0 Å². The Balaban J connectivity index is 1.63. The van der Waals surface area contributed by atoms with E-state index in [1.54, 1.807) is 36.7 Å². The predicted molar refractivity (Wildman–Crippen MR) is 138 cm³/mol. The van der Waals surface area contributed by atoms with Crippen molar-refractivity contribution in [3.05, 3.63) is 82.3 Å². The number of hydrazine groups is 2. The number of hydrogen-bond donors (Lipinski definition) is 4. The molecule has 0 unspecified atom stereocenters. The molecular weight excluding hydrogens is 525 g/mol. The van der Waals surface area contributed by atoms with Gasteiger partial charge in [-0.3, -0.25) is 14.8 Å². The van der Waals surface area contributed by atoms with E-state index in [0.717, 1.165) is 17.7 Å². The summed E-state index contributed by atoms with van der Waals surface area (Å²) in [5.74, 6) is 0.0484. The summed E-state index contributed by atoms with van der Waals surface area (Å²) in [6, 6.07) is 8.10. The number of ether oxygens (including phenoxy) is 2. The van der Waals surface area contributed by atoms with Crippen LogP contribution in [0.2, 0.25) is 5.02 Å². The molecule has 0 saturated carbocycles. The van der Waals surface area contributed by atoms with Crippen molar-refractivity contribution in [2.45, 2.75) is 12.7 Å². The van der Waals surface area contributed by atoms with Crippen molar-refractivity contribution in [1.29, 1.82) is 0 Å². The van der Waals surface area contributed by atoms with Gasteiger partial charge in [0.15, 0.2) is 0 Å². The molecule has 2 aromatic carbocycles. The molecule has 38 heavy (non-hydrogen) atoms. The van der Waals surface area contributed by atoms with Gasteiger partial charge in [-0.2, -0.15) is 13.2 Å². The van der Waals surface area contributed by atoms with Crippen LogP contribution in [0.4, 0.5) is 24.5 Å². The van der Waals surface area contributed by atoms with Gasteiger partial charge < -0.3 is 25.5 Å². The number of amides is 1. The summed E-state index contributed by atoms with van der Waals surface area (Å²) >= 11 is 6.40. The van der Waals surface area contributed by atoms with Crippen LogP contribution in [0.5, 0.6) is 11.5 Å². The molecule has 0 aliphatic carbocycles. The Morgan fingerprint density at radius 3 is 2.61 bits per heavy atom. The molecule has 200 valence electrons. The van der Waals surface area contributed by atoms with Crippen LogP contribution < -0.4 is 36.1 Å². The lowest BCUT2D eigenvalue weighted by Gasteiger charge is -2.19. The van der Waals surface area contributed by atoms with Crippen LogP contribution in [-0.4, -0.2) is 32.2 Å².